The van der Waals surface area contributed by atoms with Gasteiger partial charge in [-0.25, -0.2) is 4.39 Å². The van der Waals surface area contributed by atoms with Gasteiger partial charge in [-0.05, 0) is 35.9 Å². The summed E-state index contributed by atoms with van der Waals surface area (Å²) in [6, 6.07) is 20.9. The average Bonchev–Trinajstić information content (AvgIpc) is 3.47. The van der Waals surface area contributed by atoms with E-state index in [1.165, 1.54) is 16.6 Å². The van der Waals surface area contributed by atoms with Crippen molar-refractivity contribution in [1.82, 2.24) is 14.6 Å². The molecule has 3 aromatic carbocycles. The van der Waals surface area contributed by atoms with Crippen LogP contribution < -0.4 is 15.0 Å². The van der Waals surface area contributed by atoms with E-state index in [9.17, 15) is 14.0 Å². The third kappa shape index (κ3) is 3.36. The van der Waals surface area contributed by atoms with E-state index < -0.39 is 0 Å². The van der Waals surface area contributed by atoms with Crippen molar-refractivity contribution in [3.05, 3.63) is 109 Å². The van der Waals surface area contributed by atoms with Gasteiger partial charge in [-0.3, -0.25) is 9.59 Å². The predicted molar refractivity (Wildman–Crippen MR) is 132 cm³/mol. The summed E-state index contributed by atoms with van der Waals surface area (Å²) in [5, 5.41) is 4.39. The van der Waals surface area contributed by atoms with E-state index in [0.717, 1.165) is 26.9 Å². The Kier molecular flexibility index (Phi) is 4.89. The van der Waals surface area contributed by atoms with Crippen molar-refractivity contribution in [3.8, 4) is 11.4 Å². The lowest BCUT2D eigenvalue weighted by Crippen LogP contribution is -2.32. The number of hydrogen-bond acceptors (Lipinski definition) is 5. The highest BCUT2D eigenvalue weighted by Gasteiger charge is 2.34. The van der Waals surface area contributed by atoms with Gasteiger partial charge in [-0.15, -0.1) is 5.10 Å². The summed E-state index contributed by atoms with van der Waals surface area (Å²) < 4.78 is 15.7. The van der Waals surface area contributed by atoms with Crippen LogP contribution in [0.1, 0.15) is 11.1 Å². The summed E-state index contributed by atoms with van der Waals surface area (Å²) in [6.07, 6.45) is 0. The van der Waals surface area contributed by atoms with Crippen LogP contribution in [0.4, 0.5) is 10.1 Å². The minimum atomic E-state index is -0.382. The third-order valence-electron chi connectivity index (χ3n) is 5.65. The zero-order valence-corrected chi connectivity index (χ0v) is 19.8. The van der Waals surface area contributed by atoms with Crippen LogP contribution in [0.15, 0.2) is 82.1 Å². The van der Waals surface area contributed by atoms with Gasteiger partial charge in [0, 0.05) is 15.6 Å². The first-order valence-corrected chi connectivity index (χ1v) is 12.0. The van der Waals surface area contributed by atoms with Crippen molar-refractivity contribution in [3.63, 3.8) is 0 Å². The van der Waals surface area contributed by atoms with Gasteiger partial charge in [0.25, 0.3) is 11.5 Å². The number of amides is 1. The van der Waals surface area contributed by atoms with Crippen LogP contribution in [0.3, 0.4) is 0 Å². The second-order valence-electron chi connectivity index (χ2n) is 7.79. The molecule has 1 aliphatic rings. The molecule has 34 heavy (non-hydrogen) atoms. The van der Waals surface area contributed by atoms with Gasteiger partial charge in [0.1, 0.15) is 10.3 Å². The first-order valence-electron chi connectivity index (χ1n) is 10.3. The quantitative estimate of drug-likeness (QED) is 0.349. The topological polar surface area (TPSA) is 67.6 Å². The number of carbonyl (C=O) groups is 1. The lowest BCUT2D eigenvalue weighted by atomic mass is 10.1. The number of hydrogen-bond donors (Lipinski definition) is 0. The molecule has 166 valence electrons. The number of anilines is 1. The zero-order valence-electron chi connectivity index (χ0n) is 17.4. The van der Waals surface area contributed by atoms with Crippen LogP contribution in [0.2, 0.25) is 0 Å². The van der Waals surface area contributed by atoms with E-state index in [1.54, 1.807) is 17.0 Å². The number of rotatable bonds is 3. The summed E-state index contributed by atoms with van der Waals surface area (Å²) in [7, 11) is 0. The standard InChI is InChI=1S/C25H14BrFN4O2S/c26-16-8-11-19-18(12-16)20(23(32)30(19)13-14-6-9-17(27)10-7-14)21-24(33)31-25(34-21)28-22(29-31)15-4-2-1-3-5-15/h1-12H,13H2/b21-20-. The van der Waals surface area contributed by atoms with E-state index in [1.807, 2.05) is 48.5 Å². The van der Waals surface area contributed by atoms with Crippen molar-refractivity contribution in [2.45, 2.75) is 6.54 Å². The fourth-order valence-electron chi connectivity index (χ4n) is 4.05. The number of nitrogens with zero attached hydrogens (tertiary/aromatic N) is 4. The number of halogens is 2. The molecule has 0 bridgehead atoms. The zero-order chi connectivity index (χ0) is 23.4. The van der Waals surface area contributed by atoms with Crippen LogP contribution in [0.25, 0.3) is 21.9 Å². The number of aromatic nitrogens is 3. The lowest BCUT2D eigenvalue weighted by molar-refractivity contribution is -0.113. The van der Waals surface area contributed by atoms with Crippen molar-refractivity contribution in [2.75, 3.05) is 4.90 Å². The van der Waals surface area contributed by atoms with Crippen LogP contribution >= 0.6 is 27.3 Å². The summed E-state index contributed by atoms with van der Waals surface area (Å²) in [6.45, 7) is 0.254. The molecule has 6 rings (SSSR count). The summed E-state index contributed by atoms with van der Waals surface area (Å²) in [5.74, 6) is -0.171. The number of benzene rings is 3. The average molecular weight is 533 g/mol. The molecule has 0 spiro atoms. The van der Waals surface area contributed by atoms with Gasteiger partial charge < -0.3 is 4.90 Å². The molecule has 1 amide bonds. The van der Waals surface area contributed by atoms with E-state index >= 15 is 0 Å². The normalized spacial score (nSPS) is 14.8. The van der Waals surface area contributed by atoms with E-state index in [2.05, 4.69) is 26.0 Å². The molecule has 9 heteroatoms. The maximum atomic E-state index is 13.6. The molecule has 0 N–H and O–H groups in total. The molecule has 0 fully saturated rings. The highest BCUT2D eigenvalue weighted by Crippen LogP contribution is 2.38. The minimum absolute atomic E-state index is 0.254. The van der Waals surface area contributed by atoms with Gasteiger partial charge >= 0.3 is 0 Å². The highest BCUT2D eigenvalue weighted by atomic mass is 79.9. The van der Waals surface area contributed by atoms with Crippen molar-refractivity contribution in [1.29, 1.82) is 0 Å². The summed E-state index contributed by atoms with van der Waals surface area (Å²) in [5.41, 5.74) is 2.88. The first-order chi connectivity index (χ1) is 16.5. The largest absolute Gasteiger partial charge is 0.303 e. The molecule has 5 aromatic rings. The highest BCUT2D eigenvalue weighted by molar-refractivity contribution is 9.10. The van der Waals surface area contributed by atoms with Crippen LogP contribution in [0, 0.1) is 5.82 Å². The molecule has 2 aromatic heterocycles. The predicted octanol–water partition coefficient (Wildman–Crippen LogP) is 4.18. The Balaban J connectivity index is 1.51. The van der Waals surface area contributed by atoms with Crippen LogP contribution in [-0.4, -0.2) is 20.5 Å². The Morgan fingerprint density at radius 1 is 0.971 bits per heavy atom. The Hall–Kier alpha value is -3.69. The lowest BCUT2D eigenvalue weighted by Gasteiger charge is -2.17. The van der Waals surface area contributed by atoms with Gasteiger partial charge in [0.15, 0.2) is 5.82 Å². The summed E-state index contributed by atoms with van der Waals surface area (Å²) >= 11 is 4.62. The Morgan fingerprint density at radius 2 is 1.74 bits per heavy atom. The third-order valence-corrected chi connectivity index (χ3v) is 7.17. The molecule has 0 aliphatic carbocycles. The smallest absolute Gasteiger partial charge is 0.291 e. The summed E-state index contributed by atoms with van der Waals surface area (Å²) in [4.78, 5) is 33.5. The van der Waals surface area contributed by atoms with E-state index in [0.29, 0.717) is 32.1 Å². The van der Waals surface area contributed by atoms with E-state index in [-0.39, 0.29) is 23.8 Å². The Bertz CT molecular complexity index is 1700. The maximum absolute atomic E-state index is 13.6. The molecule has 1 aliphatic heterocycles. The second kappa shape index (κ2) is 7.96. The van der Waals surface area contributed by atoms with Crippen molar-refractivity contribution < 1.29 is 9.18 Å². The molecule has 0 saturated carbocycles. The van der Waals surface area contributed by atoms with Crippen molar-refractivity contribution in [2.24, 2.45) is 0 Å². The second-order valence-corrected chi connectivity index (χ2v) is 9.68. The molecular weight excluding hydrogens is 519 g/mol. The minimum Gasteiger partial charge on any atom is -0.303 e. The fraction of sp³-hybridized carbons (Fsp3) is 0.0400. The molecule has 0 radical (unpaired) electrons. The van der Waals surface area contributed by atoms with Crippen LogP contribution in [0.5, 0.6) is 0 Å². The molecule has 0 saturated heterocycles. The van der Waals surface area contributed by atoms with Crippen LogP contribution in [-0.2, 0) is 11.3 Å². The number of fused-ring (bicyclic) bond motifs is 2. The monoisotopic (exact) mass is 532 g/mol. The van der Waals surface area contributed by atoms with Gasteiger partial charge in [-0.2, -0.15) is 9.50 Å². The molecule has 3 heterocycles. The Morgan fingerprint density at radius 3 is 2.47 bits per heavy atom. The number of thiazole rings is 1. The van der Waals surface area contributed by atoms with Gasteiger partial charge in [-0.1, -0.05) is 69.7 Å². The molecule has 6 nitrogen and oxygen atoms in total. The Labute approximate surface area is 204 Å². The molecule has 0 atom stereocenters. The fourth-order valence-corrected chi connectivity index (χ4v) is 5.41. The molecular formula is C25H14BrFN4O2S. The molecule has 0 unspecified atom stereocenters. The van der Waals surface area contributed by atoms with E-state index in [4.69, 9.17) is 0 Å². The SMILES string of the molecule is O=C1/C(=c2\sc3nc(-c4ccccc4)nn3c2=O)c2cc(Br)ccc2N1Cc1ccc(F)cc1. The van der Waals surface area contributed by atoms with Gasteiger partial charge in [0.05, 0.1) is 17.8 Å². The van der Waals surface area contributed by atoms with Gasteiger partial charge in [0.2, 0.25) is 4.96 Å². The number of carbonyl (C=O) groups excluding carboxylic acids is 1. The maximum Gasteiger partial charge on any atom is 0.291 e. The van der Waals surface area contributed by atoms with Crippen molar-refractivity contribution >= 4 is 49.4 Å². The first kappa shape index (κ1) is 20.9.